The summed E-state index contributed by atoms with van der Waals surface area (Å²) in [5.41, 5.74) is 3.01. The van der Waals surface area contributed by atoms with Crippen molar-refractivity contribution in [2.24, 2.45) is 0 Å². The predicted octanol–water partition coefficient (Wildman–Crippen LogP) is 2.05. The van der Waals surface area contributed by atoms with Crippen LogP contribution in [0.5, 0.6) is 0 Å². The number of nitrogens with zero attached hydrogens (tertiary/aromatic N) is 2. The summed E-state index contributed by atoms with van der Waals surface area (Å²) in [5, 5.41) is 7.25. The zero-order valence-electron chi connectivity index (χ0n) is 11.5. The number of hydrogen-bond acceptors (Lipinski definition) is 3. The maximum absolute atomic E-state index is 12.0. The third-order valence-corrected chi connectivity index (χ3v) is 3.07. The van der Waals surface area contributed by atoms with Gasteiger partial charge in [0.05, 0.1) is 5.69 Å². The van der Waals surface area contributed by atoms with Gasteiger partial charge in [0.25, 0.3) is 0 Å². The van der Waals surface area contributed by atoms with Crippen molar-refractivity contribution in [3.8, 4) is 0 Å². The molecule has 0 bridgehead atoms. The molecule has 0 radical (unpaired) electrons. The zero-order valence-corrected chi connectivity index (χ0v) is 11.5. The topological polar surface area (TPSA) is 58.2 Å². The first kappa shape index (κ1) is 12.9. The summed E-state index contributed by atoms with van der Waals surface area (Å²) >= 11 is 0. The van der Waals surface area contributed by atoms with Crippen molar-refractivity contribution >= 4 is 6.09 Å². The number of hydrogen-bond donors (Lipinski definition) is 1. The molecule has 1 N–H and O–H groups in total. The summed E-state index contributed by atoms with van der Waals surface area (Å²) in [7, 11) is 0. The molecular formula is C13H21N3O2. The second-order valence-electron chi connectivity index (χ2n) is 5.73. The van der Waals surface area contributed by atoms with E-state index in [1.54, 1.807) is 4.90 Å². The van der Waals surface area contributed by atoms with E-state index < -0.39 is 5.60 Å². The lowest BCUT2D eigenvalue weighted by atomic mass is 10.1. The lowest BCUT2D eigenvalue weighted by Gasteiger charge is -2.26. The van der Waals surface area contributed by atoms with Crippen molar-refractivity contribution in [2.75, 3.05) is 13.1 Å². The van der Waals surface area contributed by atoms with Crippen LogP contribution in [0.4, 0.5) is 4.79 Å². The van der Waals surface area contributed by atoms with Crippen molar-refractivity contribution < 1.29 is 9.53 Å². The minimum Gasteiger partial charge on any atom is -0.444 e. The molecule has 2 rings (SSSR count). The number of carbonyl (C=O) groups is 1. The Morgan fingerprint density at radius 2 is 2.00 bits per heavy atom. The van der Waals surface area contributed by atoms with Gasteiger partial charge in [-0.05, 0) is 39.7 Å². The molecule has 1 aromatic heterocycles. The molecule has 1 aromatic rings. The van der Waals surface area contributed by atoms with Gasteiger partial charge in [-0.3, -0.25) is 5.10 Å². The Balaban J connectivity index is 2.02. The highest BCUT2D eigenvalue weighted by Gasteiger charge is 2.25. The first-order valence-electron chi connectivity index (χ1n) is 6.37. The van der Waals surface area contributed by atoms with Crippen molar-refractivity contribution in [1.82, 2.24) is 15.1 Å². The van der Waals surface area contributed by atoms with Gasteiger partial charge in [-0.1, -0.05) is 0 Å². The molecule has 18 heavy (non-hydrogen) atoms. The Morgan fingerprint density at radius 3 is 2.67 bits per heavy atom. The van der Waals surface area contributed by atoms with Crippen LogP contribution in [0.25, 0.3) is 0 Å². The van der Waals surface area contributed by atoms with Gasteiger partial charge >= 0.3 is 6.09 Å². The van der Waals surface area contributed by atoms with Crippen LogP contribution in [0, 0.1) is 6.92 Å². The Morgan fingerprint density at radius 1 is 1.33 bits per heavy atom. The molecule has 0 aromatic carbocycles. The molecular weight excluding hydrogens is 230 g/mol. The molecule has 1 amide bonds. The van der Waals surface area contributed by atoms with E-state index in [-0.39, 0.29) is 6.09 Å². The number of nitrogens with one attached hydrogen (secondary N) is 1. The van der Waals surface area contributed by atoms with Gasteiger partial charge in [-0.25, -0.2) is 4.79 Å². The molecule has 1 aliphatic rings. The Kier molecular flexibility index (Phi) is 3.32. The van der Waals surface area contributed by atoms with E-state index in [9.17, 15) is 4.79 Å². The van der Waals surface area contributed by atoms with Crippen LogP contribution in [0.3, 0.4) is 0 Å². The van der Waals surface area contributed by atoms with E-state index in [0.29, 0.717) is 13.1 Å². The Bertz CT molecular complexity index is 446. The molecule has 0 aliphatic carbocycles. The fraction of sp³-hybridized carbons (Fsp3) is 0.692. The maximum atomic E-state index is 12.0. The van der Waals surface area contributed by atoms with Gasteiger partial charge in [0.2, 0.25) is 0 Å². The second-order valence-corrected chi connectivity index (χ2v) is 5.73. The fourth-order valence-corrected chi connectivity index (χ4v) is 2.16. The van der Waals surface area contributed by atoms with Crippen LogP contribution in [0.1, 0.15) is 37.7 Å². The molecule has 0 unspecified atom stereocenters. The largest absolute Gasteiger partial charge is 0.444 e. The van der Waals surface area contributed by atoms with Crippen LogP contribution in [0.15, 0.2) is 0 Å². The highest BCUT2D eigenvalue weighted by atomic mass is 16.6. The molecule has 0 fully saturated rings. The molecule has 100 valence electrons. The number of carbonyl (C=O) groups excluding carboxylic acids is 1. The van der Waals surface area contributed by atoms with Gasteiger partial charge in [0, 0.05) is 25.2 Å². The summed E-state index contributed by atoms with van der Waals surface area (Å²) in [6, 6.07) is 0. The van der Waals surface area contributed by atoms with E-state index in [4.69, 9.17) is 4.74 Å². The Hall–Kier alpha value is -1.52. The predicted molar refractivity (Wildman–Crippen MR) is 68.5 cm³/mol. The number of amides is 1. The lowest BCUT2D eigenvalue weighted by Crippen LogP contribution is -2.38. The van der Waals surface area contributed by atoms with E-state index in [1.165, 1.54) is 5.56 Å². The van der Waals surface area contributed by atoms with Crippen LogP contribution < -0.4 is 0 Å². The number of aromatic nitrogens is 2. The number of H-pyrrole nitrogens is 1. The summed E-state index contributed by atoms with van der Waals surface area (Å²) in [6.07, 6.45) is 1.44. The zero-order chi connectivity index (χ0) is 13.3. The number of aryl methyl sites for hydroxylation is 1. The van der Waals surface area contributed by atoms with E-state index in [1.807, 2.05) is 27.7 Å². The van der Waals surface area contributed by atoms with Crippen LogP contribution in [-0.2, 0) is 17.6 Å². The average Bonchev–Trinajstić information content (AvgIpc) is 2.48. The van der Waals surface area contributed by atoms with Crippen molar-refractivity contribution in [3.63, 3.8) is 0 Å². The van der Waals surface area contributed by atoms with Gasteiger partial charge in [0.15, 0.2) is 0 Å². The summed E-state index contributed by atoms with van der Waals surface area (Å²) in [4.78, 5) is 13.8. The number of fused-ring (bicyclic) bond motifs is 1. The maximum Gasteiger partial charge on any atom is 0.410 e. The van der Waals surface area contributed by atoms with E-state index >= 15 is 0 Å². The first-order chi connectivity index (χ1) is 8.37. The highest BCUT2D eigenvalue weighted by molar-refractivity contribution is 5.68. The number of ether oxygens (including phenoxy) is 1. The average molecular weight is 251 g/mol. The third-order valence-electron chi connectivity index (χ3n) is 3.07. The molecule has 1 aliphatic heterocycles. The summed E-state index contributed by atoms with van der Waals surface area (Å²) < 4.78 is 5.40. The van der Waals surface area contributed by atoms with Gasteiger partial charge in [-0.2, -0.15) is 5.10 Å². The van der Waals surface area contributed by atoms with Gasteiger partial charge in [-0.15, -0.1) is 0 Å². The smallest absolute Gasteiger partial charge is 0.410 e. The van der Waals surface area contributed by atoms with Crippen molar-refractivity contribution in [2.45, 2.75) is 46.1 Å². The third kappa shape index (κ3) is 2.83. The normalized spacial score (nSPS) is 16.1. The molecule has 0 saturated heterocycles. The van der Waals surface area contributed by atoms with Crippen molar-refractivity contribution in [1.29, 1.82) is 0 Å². The number of aromatic amines is 1. The minimum absolute atomic E-state index is 0.224. The molecule has 0 saturated carbocycles. The van der Waals surface area contributed by atoms with E-state index in [0.717, 1.165) is 24.2 Å². The highest BCUT2D eigenvalue weighted by Crippen LogP contribution is 2.18. The monoisotopic (exact) mass is 251 g/mol. The summed E-state index contributed by atoms with van der Waals surface area (Å²) in [5.74, 6) is 0. The SMILES string of the molecule is Cc1n[nH]c2c1CCN(C(=O)OC(C)(C)C)CC2. The molecule has 5 nitrogen and oxygen atoms in total. The molecule has 5 heteroatoms. The lowest BCUT2D eigenvalue weighted by molar-refractivity contribution is 0.0258. The standard InChI is InChI=1S/C13H21N3O2/c1-9-10-5-7-16(8-6-11(10)15-14-9)12(17)18-13(2,3)4/h5-8H2,1-4H3,(H,14,15). The van der Waals surface area contributed by atoms with Gasteiger partial charge < -0.3 is 9.64 Å². The van der Waals surface area contributed by atoms with Crippen LogP contribution in [0.2, 0.25) is 0 Å². The van der Waals surface area contributed by atoms with Gasteiger partial charge in [0.1, 0.15) is 5.60 Å². The molecule has 2 heterocycles. The molecule has 0 spiro atoms. The fourth-order valence-electron chi connectivity index (χ4n) is 2.16. The minimum atomic E-state index is -0.435. The molecule has 0 atom stereocenters. The van der Waals surface area contributed by atoms with Crippen molar-refractivity contribution in [3.05, 3.63) is 17.0 Å². The quantitative estimate of drug-likeness (QED) is 0.767. The summed E-state index contributed by atoms with van der Waals surface area (Å²) in [6.45, 7) is 9.04. The second kappa shape index (κ2) is 4.63. The van der Waals surface area contributed by atoms with E-state index in [2.05, 4.69) is 10.2 Å². The Labute approximate surface area is 108 Å². The number of rotatable bonds is 0. The first-order valence-corrected chi connectivity index (χ1v) is 6.37. The van der Waals surface area contributed by atoms with Crippen LogP contribution >= 0.6 is 0 Å². The van der Waals surface area contributed by atoms with Crippen LogP contribution in [-0.4, -0.2) is 39.9 Å².